The van der Waals surface area contributed by atoms with Gasteiger partial charge in [0.05, 0.1) is 30.5 Å². The zero-order valence-corrected chi connectivity index (χ0v) is 20.7. The molecular weight excluding hydrogens is 536 g/mol. The molecule has 2 aromatic rings. The number of halogens is 4. The number of aromatic nitrogens is 2. The first kappa shape index (κ1) is 25.9. The summed E-state index contributed by atoms with van der Waals surface area (Å²) in [5, 5.41) is 11.1. The molecule has 5 rings (SSSR count). The maximum absolute atomic E-state index is 15.2. The van der Waals surface area contributed by atoms with E-state index in [1.165, 1.54) is 29.0 Å². The van der Waals surface area contributed by atoms with Gasteiger partial charge in [0.15, 0.2) is 5.60 Å². The van der Waals surface area contributed by atoms with E-state index in [-0.39, 0.29) is 60.3 Å². The summed E-state index contributed by atoms with van der Waals surface area (Å²) >= 11 is 0.206. The number of hydrazine groups is 1. The molecule has 38 heavy (non-hydrogen) atoms. The molecule has 2 aliphatic heterocycles. The summed E-state index contributed by atoms with van der Waals surface area (Å²) in [4.78, 5) is 39.3. The molecule has 1 aromatic heterocycles. The summed E-state index contributed by atoms with van der Waals surface area (Å²) in [5.41, 5.74) is 2.60. The highest BCUT2D eigenvalue weighted by Crippen LogP contribution is 2.46. The van der Waals surface area contributed by atoms with E-state index in [0.29, 0.717) is 18.7 Å². The van der Waals surface area contributed by atoms with Crippen molar-refractivity contribution in [1.29, 1.82) is 0 Å². The fourth-order valence-electron chi connectivity index (χ4n) is 4.41. The van der Waals surface area contributed by atoms with E-state index in [2.05, 4.69) is 26.3 Å². The van der Waals surface area contributed by atoms with Crippen LogP contribution in [0, 0.1) is 5.82 Å². The summed E-state index contributed by atoms with van der Waals surface area (Å²) in [6.07, 6.45) is -4.79. The normalized spacial score (nSPS) is 23.3. The number of anilines is 3. The third-order valence-electron chi connectivity index (χ3n) is 6.33. The lowest BCUT2D eigenvalue weighted by Crippen LogP contribution is -2.46. The summed E-state index contributed by atoms with van der Waals surface area (Å²) in [6.45, 7) is 2.43. The van der Waals surface area contributed by atoms with Crippen molar-refractivity contribution in [2.75, 3.05) is 47.8 Å². The average Bonchev–Trinajstić information content (AvgIpc) is 3.15. The monoisotopic (exact) mass is 558 g/mol. The zero-order valence-electron chi connectivity index (χ0n) is 19.8. The standard InChI is InChI=1S/C21H22F4N8O4S/c1-11(34)27-15-9-20(15)10-32(19(36)37-20)12-2-3-14(13(22)8-12)31-5-4-26-33(7-6-31)18(35)28-17-30-29-16(38-17)21(23,24)25/h2-3,8,15,26H,4-7,9-10H2,1H3,(H,27,34)(H,28,30,35)/t15-,20-/m0/s1. The van der Waals surface area contributed by atoms with Crippen LogP contribution in [0.25, 0.3) is 0 Å². The lowest BCUT2D eigenvalue weighted by Gasteiger charge is -2.24. The molecule has 1 saturated carbocycles. The zero-order chi connectivity index (χ0) is 27.2. The minimum atomic E-state index is -4.66. The molecule has 0 bridgehead atoms. The van der Waals surface area contributed by atoms with E-state index in [1.54, 1.807) is 11.0 Å². The van der Waals surface area contributed by atoms with Gasteiger partial charge in [-0.2, -0.15) is 13.2 Å². The molecular formula is C21H22F4N8O4S. The van der Waals surface area contributed by atoms with Gasteiger partial charge in [0.2, 0.25) is 16.0 Å². The van der Waals surface area contributed by atoms with Gasteiger partial charge in [-0.05, 0) is 18.2 Å². The van der Waals surface area contributed by atoms with Gasteiger partial charge in [0.1, 0.15) is 5.82 Å². The Balaban J connectivity index is 1.20. The summed E-state index contributed by atoms with van der Waals surface area (Å²) in [7, 11) is 0. The Kier molecular flexibility index (Phi) is 6.50. The maximum Gasteiger partial charge on any atom is 0.445 e. The number of hydrogen-bond acceptors (Lipinski definition) is 9. The Labute approximate surface area is 216 Å². The number of carbonyl (C=O) groups is 3. The number of ether oxygens (including phenoxy) is 1. The highest BCUT2D eigenvalue weighted by atomic mass is 32.1. The second-order valence-corrected chi connectivity index (χ2v) is 9.98. The smallest absolute Gasteiger partial charge is 0.438 e. The van der Waals surface area contributed by atoms with Crippen molar-refractivity contribution >= 4 is 45.9 Å². The number of hydrogen-bond donors (Lipinski definition) is 3. The van der Waals surface area contributed by atoms with Crippen LogP contribution >= 0.6 is 11.3 Å². The van der Waals surface area contributed by atoms with Crippen LogP contribution in [0.2, 0.25) is 0 Å². The minimum Gasteiger partial charge on any atom is -0.438 e. The van der Waals surface area contributed by atoms with E-state index in [1.807, 2.05) is 0 Å². The van der Waals surface area contributed by atoms with Crippen LogP contribution in [0.4, 0.5) is 43.7 Å². The Morgan fingerprint density at radius 1 is 1.24 bits per heavy atom. The van der Waals surface area contributed by atoms with Crippen molar-refractivity contribution in [1.82, 2.24) is 25.9 Å². The van der Waals surface area contributed by atoms with Gasteiger partial charge in [-0.15, -0.1) is 10.2 Å². The molecule has 12 nitrogen and oxygen atoms in total. The molecule has 4 amide bonds. The number of rotatable bonds is 4. The second kappa shape index (κ2) is 9.54. The van der Waals surface area contributed by atoms with E-state index in [4.69, 9.17) is 4.74 Å². The predicted molar refractivity (Wildman–Crippen MR) is 126 cm³/mol. The molecule has 3 fully saturated rings. The van der Waals surface area contributed by atoms with Gasteiger partial charge in [0, 0.05) is 33.0 Å². The average molecular weight is 559 g/mol. The number of nitrogens with one attached hydrogen (secondary N) is 3. The van der Waals surface area contributed by atoms with E-state index >= 15 is 4.39 Å². The van der Waals surface area contributed by atoms with Gasteiger partial charge in [0.25, 0.3) is 0 Å². The third kappa shape index (κ3) is 5.15. The molecule has 2 atom stereocenters. The van der Waals surface area contributed by atoms with Crippen molar-refractivity contribution in [2.45, 2.75) is 31.2 Å². The quantitative estimate of drug-likeness (QED) is 0.487. The molecule has 1 aliphatic carbocycles. The van der Waals surface area contributed by atoms with Crippen molar-refractivity contribution < 1.29 is 36.7 Å². The van der Waals surface area contributed by atoms with Crippen LogP contribution in [-0.4, -0.2) is 77.6 Å². The first-order valence-corrected chi connectivity index (χ1v) is 12.3. The van der Waals surface area contributed by atoms with Gasteiger partial charge in [-0.1, -0.05) is 11.3 Å². The Hall–Kier alpha value is -3.73. The van der Waals surface area contributed by atoms with Gasteiger partial charge < -0.3 is 15.0 Å². The van der Waals surface area contributed by atoms with Gasteiger partial charge in [-0.3, -0.25) is 20.0 Å². The van der Waals surface area contributed by atoms with Crippen molar-refractivity contribution in [3.63, 3.8) is 0 Å². The Morgan fingerprint density at radius 3 is 2.71 bits per heavy atom. The topological polar surface area (TPSA) is 132 Å². The molecule has 3 aliphatic rings. The highest BCUT2D eigenvalue weighted by molar-refractivity contribution is 7.15. The summed E-state index contributed by atoms with van der Waals surface area (Å²) < 4.78 is 58.7. The van der Waals surface area contributed by atoms with Gasteiger partial charge in [-0.25, -0.2) is 19.4 Å². The van der Waals surface area contributed by atoms with Crippen molar-refractivity contribution in [3.05, 3.63) is 29.0 Å². The molecule has 1 spiro atoms. The molecule has 0 radical (unpaired) electrons. The highest BCUT2D eigenvalue weighted by Gasteiger charge is 2.64. The largest absolute Gasteiger partial charge is 0.445 e. The third-order valence-corrected chi connectivity index (χ3v) is 7.21. The minimum absolute atomic E-state index is 0.0868. The number of benzene rings is 1. The molecule has 0 unspecified atom stereocenters. The number of carbonyl (C=O) groups excluding carboxylic acids is 3. The van der Waals surface area contributed by atoms with Crippen LogP contribution < -0.4 is 25.9 Å². The summed E-state index contributed by atoms with van der Waals surface area (Å²) in [6, 6.07) is 3.33. The van der Waals surface area contributed by atoms with Crippen LogP contribution in [0.5, 0.6) is 0 Å². The Bertz CT molecular complexity index is 1280. The molecule has 3 N–H and O–H groups in total. The lowest BCUT2D eigenvalue weighted by molar-refractivity contribution is -0.138. The molecule has 2 saturated heterocycles. The van der Waals surface area contributed by atoms with Gasteiger partial charge >= 0.3 is 18.3 Å². The number of nitrogens with zero attached hydrogens (tertiary/aromatic N) is 5. The van der Waals surface area contributed by atoms with Crippen molar-refractivity contribution in [2.24, 2.45) is 0 Å². The number of alkyl halides is 3. The van der Waals surface area contributed by atoms with Crippen LogP contribution in [0.1, 0.15) is 18.4 Å². The molecule has 204 valence electrons. The molecule has 1 aromatic carbocycles. The summed E-state index contributed by atoms with van der Waals surface area (Å²) in [5.74, 6) is -0.813. The molecule has 3 heterocycles. The van der Waals surface area contributed by atoms with E-state index in [9.17, 15) is 27.6 Å². The maximum atomic E-state index is 15.2. The SMILES string of the molecule is CC(=O)N[C@H]1C[C@]12CN(c1ccc(N3CCNN(C(=O)Nc4nnc(C(F)(F)F)s4)CC3)c(F)c1)C(=O)O2. The number of urea groups is 1. The van der Waals surface area contributed by atoms with E-state index < -0.39 is 34.7 Å². The number of amides is 4. The lowest BCUT2D eigenvalue weighted by atomic mass is 10.2. The molecule has 17 heteroatoms. The first-order chi connectivity index (χ1) is 17.9. The van der Waals surface area contributed by atoms with Crippen molar-refractivity contribution in [3.8, 4) is 0 Å². The predicted octanol–water partition coefficient (Wildman–Crippen LogP) is 2.16. The van der Waals surface area contributed by atoms with Crippen LogP contribution in [0.15, 0.2) is 18.2 Å². The fourth-order valence-corrected chi connectivity index (χ4v) is 5.01. The first-order valence-electron chi connectivity index (χ1n) is 11.5. The van der Waals surface area contributed by atoms with Crippen LogP contribution in [-0.2, 0) is 15.7 Å². The second-order valence-electron chi connectivity index (χ2n) is 9.00. The Morgan fingerprint density at radius 2 is 2.03 bits per heavy atom. The van der Waals surface area contributed by atoms with E-state index in [0.717, 1.165) is 0 Å². The van der Waals surface area contributed by atoms with Crippen LogP contribution in [0.3, 0.4) is 0 Å². The fraction of sp³-hybridized carbons (Fsp3) is 0.476.